The third-order valence-corrected chi connectivity index (χ3v) is 7.04. The first-order valence-electron chi connectivity index (χ1n) is 11.5. The Hall–Kier alpha value is -2.36. The molecule has 0 radical (unpaired) electrons. The van der Waals surface area contributed by atoms with Gasteiger partial charge in [-0.3, -0.25) is 4.90 Å². The Labute approximate surface area is 179 Å². The summed E-state index contributed by atoms with van der Waals surface area (Å²) in [6.07, 6.45) is 9.78. The first-order valence-corrected chi connectivity index (χ1v) is 11.5. The fourth-order valence-electron chi connectivity index (χ4n) is 5.35. The Morgan fingerprint density at radius 3 is 2.80 bits per heavy atom. The SMILES string of the molecule is Cc1c(C2=CCCCC2)cccc1-c1ccc2[nH]c(CN3CCC[C@@H]3CO)cc2c1. The van der Waals surface area contributed by atoms with Crippen LogP contribution < -0.4 is 0 Å². The zero-order valence-corrected chi connectivity index (χ0v) is 18.0. The smallest absolute Gasteiger partial charge is 0.0587 e. The Morgan fingerprint density at radius 2 is 1.97 bits per heavy atom. The number of rotatable bonds is 5. The molecule has 2 heterocycles. The Morgan fingerprint density at radius 1 is 1.07 bits per heavy atom. The first-order chi connectivity index (χ1) is 14.7. The van der Waals surface area contributed by atoms with Crippen molar-refractivity contribution in [2.24, 2.45) is 0 Å². The van der Waals surface area contributed by atoms with Gasteiger partial charge in [0.05, 0.1) is 6.61 Å². The van der Waals surface area contributed by atoms with Crippen molar-refractivity contribution in [1.29, 1.82) is 0 Å². The number of aliphatic hydroxyl groups excluding tert-OH is 1. The fourth-order valence-corrected chi connectivity index (χ4v) is 5.35. The standard InChI is InChI=1S/C27H32N2O/c1-19-25(20-7-3-2-4-8-20)10-5-11-26(19)21-12-13-27-22(15-21)16-23(28-27)17-29-14-6-9-24(29)18-30/h5,7,10-13,15-16,24,28,30H,2-4,6,8-9,14,17-18H2,1H3/t24-/m1/s1. The summed E-state index contributed by atoms with van der Waals surface area (Å²) in [5, 5.41) is 10.9. The monoisotopic (exact) mass is 400 g/mol. The van der Waals surface area contributed by atoms with Crippen molar-refractivity contribution in [3.8, 4) is 11.1 Å². The topological polar surface area (TPSA) is 39.3 Å². The van der Waals surface area contributed by atoms with Gasteiger partial charge < -0.3 is 10.1 Å². The Balaban J connectivity index is 1.45. The van der Waals surface area contributed by atoms with E-state index in [1.807, 2.05) is 0 Å². The molecule has 2 aromatic carbocycles. The molecule has 1 fully saturated rings. The summed E-state index contributed by atoms with van der Waals surface area (Å²) in [5.74, 6) is 0. The van der Waals surface area contributed by atoms with Gasteiger partial charge in [0.1, 0.15) is 0 Å². The zero-order valence-electron chi connectivity index (χ0n) is 18.0. The summed E-state index contributed by atoms with van der Waals surface area (Å²) < 4.78 is 0. The maximum Gasteiger partial charge on any atom is 0.0587 e. The zero-order chi connectivity index (χ0) is 20.5. The molecule has 1 aromatic heterocycles. The minimum Gasteiger partial charge on any atom is -0.395 e. The average molecular weight is 401 g/mol. The van der Waals surface area contributed by atoms with E-state index in [4.69, 9.17) is 0 Å². The van der Waals surface area contributed by atoms with Crippen molar-refractivity contribution < 1.29 is 5.11 Å². The molecule has 2 N–H and O–H groups in total. The van der Waals surface area contributed by atoms with E-state index in [2.05, 4.69) is 65.3 Å². The van der Waals surface area contributed by atoms with Gasteiger partial charge in [-0.25, -0.2) is 0 Å². The van der Waals surface area contributed by atoms with E-state index >= 15 is 0 Å². The molecule has 1 aliphatic heterocycles. The highest BCUT2D eigenvalue weighted by Crippen LogP contribution is 2.35. The van der Waals surface area contributed by atoms with Gasteiger partial charge in [-0.15, -0.1) is 0 Å². The molecule has 0 saturated carbocycles. The van der Waals surface area contributed by atoms with Crippen LogP contribution in [0.15, 0.2) is 48.5 Å². The van der Waals surface area contributed by atoms with E-state index in [-0.39, 0.29) is 6.61 Å². The number of aromatic amines is 1. The van der Waals surface area contributed by atoms with E-state index in [1.54, 1.807) is 0 Å². The molecular formula is C27H32N2O. The van der Waals surface area contributed by atoms with Crippen LogP contribution >= 0.6 is 0 Å². The minimum atomic E-state index is 0.260. The van der Waals surface area contributed by atoms with Gasteiger partial charge >= 0.3 is 0 Å². The van der Waals surface area contributed by atoms with Crippen LogP contribution in [0.25, 0.3) is 27.6 Å². The van der Waals surface area contributed by atoms with Crippen LogP contribution in [0, 0.1) is 6.92 Å². The van der Waals surface area contributed by atoms with E-state index < -0.39 is 0 Å². The highest BCUT2D eigenvalue weighted by molar-refractivity contribution is 5.87. The number of aliphatic hydroxyl groups is 1. The number of likely N-dealkylation sites (tertiary alicyclic amines) is 1. The average Bonchev–Trinajstić information content (AvgIpc) is 3.40. The highest BCUT2D eigenvalue weighted by atomic mass is 16.3. The van der Waals surface area contributed by atoms with Gasteiger partial charge in [0.25, 0.3) is 0 Å². The summed E-state index contributed by atoms with van der Waals surface area (Å²) in [7, 11) is 0. The molecule has 1 aliphatic carbocycles. The van der Waals surface area contributed by atoms with Crippen molar-refractivity contribution >= 4 is 16.5 Å². The van der Waals surface area contributed by atoms with E-state index in [9.17, 15) is 5.11 Å². The number of fused-ring (bicyclic) bond motifs is 1. The van der Waals surface area contributed by atoms with Gasteiger partial charge in [0.15, 0.2) is 0 Å². The largest absolute Gasteiger partial charge is 0.395 e. The van der Waals surface area contributed by atoms with Crippen LogP contribution in [0.2, 0.25) is 0 Å². The molecule has 156 valence electrons. The van der Waals surface area contributed by atoms with E-state index in [0.29, 0.717) is 6.04 Å². The normalized spacial score (nSPS) is 20.1. The number of nitrogens with one attached hydrogen (secondary N) is 1. The third kappa shape index (κ3) is 3.73. The van der Waals surface area contributed by atoms with Crippen molar-refractivity contribution in [2.75, 3.05) is 13.2 Å². The second-order valence-electron chi connectivity index (χ2n) is 9.00. The molecule has 0 amide bonds. The molecule has 1 saturated heterocycles. The van der Waals surface area contributed by atoms with Crippen LogP contribution in [-0.4, -0.2) is 34.2 Å². The molecule has 3 heteroatoms. The number of aromatic nitrogens is 1. The first kappa shape index (κ1) is 19.6. The van der Waals surface area contributed by atoms with Crippen molar-refractivity contribution in [2.45, 2.75) is 58.0 Å². The predicted octanol–water partition coefficient (Wildman–Crippen LogP) is 6.06. The molecule has 3 nitrogen and oxygen atoms in total. The lowest BCUT2D eigenvalue weighted by Gasteiger charge is -2.21. The quantitative estimate of drug-likeness (QED) is 0.547. The number of nitrogens with zero attached hydrogens (tertiary/aromatic N) is 1. The Kier molecular flexibility index (Phi) is 5.49. The number of H-pyrrole nitrogens is 1. The minimum absolute atomic E-state index is 0.260. The second kappa shape index (κ2) is 8.41. The van der Waals surface area contributed by atoms with Crippen molar-refractivity contribution in [3.05, 3.63) is 65.4 Å². The summed E-state index contributed by atoms with van der Waals surface area (Å²) in [5.41, 5.74) is 9.39. The molecule has 0 unspecified atom stereocenters. The van der Waals surface area contributed by atoms with Crippen molar-refractivity contribution in [3.63, 3.8) is 0 Å². The number of hydrogen-bond acceptors (Lipinski definition) is 2. The molecule has 3 aromatic rings. The predicted molar refractivity (Wildman–Crippen MR) is 125 cm³/mol. The summed E-state index contributed by atoms with van der Waals surface area (Å²) in [4.78, 5) is 5.99. The molecule has 0 spiro atoms. The number of hydrogen-bond donors (Lipinski definition) is 2. The van der Waals surface area contributed by atoms with Gasteiger partial charge in [-0.2, -0.15) is 0 Å². The summed E-state index contributed by atoms with van der Waals surface area (Å²) in [6.45, 7) is 4.50. The molecular weight excluding hydrogens is 368 g/mol. The summed E-state index contributed by atoms with van der Waals surface area (Å²) >= 11 is 0. The number of allylic oxidation sites excluding steroid dienone is 2. The number of benzene rings is 2. The maximum absolute atomic E-state index is 9.60. The molecule has 5 rings (SSSR count). The molecule has 30 heavy (non-hydrogen) atoms. The van der Waals surface area contributed by atoms with Crippen molar-refractivity contribution in [1.82, 2.24) is 9.88 Å². The van der Waals surface area contributed by atoms with Crippen LogP contribution in [0.5, 0.6) is 0 Å². The van der Waals surface area contributed by atoms with Gasteiger partial charge in [-0.1, -0.05) is 30.3 Å². The lowest BCUT2D eigenvalue weighted by atomic mass is 9.87. The molecule has 0 bridgehead atoms. The molecule has 1 atom stereocenters. The van der Waals surface area contributed by atoms with Crippen LogP contribution in [-0.2, 0) is 6.54 Å². The Bertz CT molecular complexity index is 1080. The second-order valence-corrected chi connectivity index (χ2v) is 9.00. The lowest BCUT2D eigenvalue weighted by Crippen LogP contribution is -2.31. The molecule has 2 aliphatic rings. The van der Waals surface area contributed by atoms with Gasteiger partial charge in [-0.05, 0) is 98.0 Å². The van der Waals surface area contributed by atoms with Crippen LogP contribution in [0.1, 0.15) is 55.3 Å². The lowest BCUT2D eigenvalue weighted by molar-refractivity contribution is 0.152. The van der Waals surface area contributed by atoms with E-state index in [1.165, 1.54) is 76.5 Å². The van der Waals surface area contributed by atoms with Gasteiger partial charge in [0, 0.05) is 29.2 Å². The highest BCUT2D eigenvalue weighted by Gasteiger charge is 2.24. The van der Waals surface area contributed by atoms with Gasteiger partial charge in [0.2, 0.25) is 0 Å². The maximum atomic E-state index is 9.60. The van der Waals surface area contributed by atoms with Crippen LogP contribution in [0.3, 0.4) is 0 Å². The summed E-state index contributed by atoms with van der Waals surface area (Å²) in [6, 6.07) is 16.1. The third-order valence-electron chi connectivity index (χ3n) is 7.04. The van der Waals surface area contributed by atoms with E-state index in [0.717, 1.165) is 19.5 Å². The van der Waals surface area contributed by atoms with Crippen LogP contribution in [0.4, 0.5) is 0 Å². The fraction of sp³-hybridized carbons (Fsp3) is 0.407.